The van der Waals surface area contributed by atoms with Crippen LogP contribution in [0.2, 0.25) is 0 Å². The number of esters is 1. The van der Waals surface area contributed by atoms with Gasteiger partial charge in [-0.15, -0.1) is 6.58 Å². The average molecular weight is 596 g/mol. The molecule has 4 nitrogen and oxygen atoms in total. The first-order chi connectivity index (χ1) is 17.0. The molecule has 178 valence electrons. The molecule has 3 aromatic rings. The zero-order valence-corrected chi connectivity index (χ0v) is 22.4. The number of carbonyl (C=O) groups is 1. The van der Waals surface area contributed by atoms with Crippen molar-refractivity contribution in [1.82, 2.24) is 0 Å². The van der Waals surface area contributed by atoms with Crippen molar-refractivity contribution in [3.8, 4) is 11.5 Å². The van der Waals surface area contributed by atoms with Crippen molar-refractivity contribution in [1.29, 1.82) is 0 Å². The van der Waals surface area contributed by atoms with E-state index in [4.69, 9.17) is 14.2 Å². The largest absolute Gasteiger partial charge is 0.490 e. The number of benzene rings is 3. The van der Waals surface area contributed by atoms with Gasteiger partial charge in [0.2, 0.25) is 0 Å². The van der Waals surface area contributed by atoms with Gasteiger partial charge in [-0.25, -0.2) is 4.79 Å². The topological polar surface area (TPSA) is 44.8 Å². The quantitative estimate of drug-likeness (QED) is 0.143. The van der Waals surface area contributed by atoms with E-state index in [0.29, 0.717) is 42.5 Å². The standard InChI is InChI=1S/C29H24Br2O4/c1-3-5-22-14-20(15-23-17-26(35-29(23)32)21-8-12-25(31)13-9-21)16-27(33-4-2)28(22)34-18-19-6-10-24(30)11-7-19/h3,6-17H,1,4-5,18H2,2H3/b23-15+. The van der Waals surface area contributed by atoms with Crippen molar-refractivity contribution in [2.24, 2.45) is 0 Å². The molecule has 1 heterocycles. The fraction of sp³-hybridized carbons (Fsp3) is 0.138. The molecule has 0 aliphatic carbocycles. The van der Waals surface area contributed by atoms with Gasteiger partial charge in [0.1, 0.15) is 12.4 Å². The summed E-state index contributed by atoms with van der Waals surface area (Å²) in [5.74, 6) is 1.44. The van der Waals surface area contributed by atoms with Crippen LogP contribution in [0.4, 0.5) is 0 Å². The molecule has 3 aromatic carbocycles. The second kappa shape index (κ2) is 11.6. The maximum absolute atomic E-state index is 12.6. The Morgan fingerprint density at radius 1 is 0.971 bits per heavy atom. The molecule has 0 aromatic heterocycles. The number of cyclic esters (lactones) is 1. The lowest BCUT2D eigenvalue weighted by atomic mass is 10.0. The highest BCUT2D eigenvalue weighted by atomic mass is 79.9. The van der Waals surface area contributed by atoms with Gasteiger partial charge in [0, 0.05) is 20.1 Å². The summed E-state index contributed by atoms with van der Waals surface area (Å²) in [6.45, 7) is 6.71. The summed E-state index contributed by atoms with van der Waals surface area (Å²) in [6, 6.07) is 19.5. The van der Waals surface area contributed by atoms with E-state index in [-0.39, 0.29) is 5.97 Å². The zero-order valence-electron chi connectivity index (χ0n) is 19.2. The number of hydrogen-bond acceptors (Lipinski definition) is 4. The summed E-state index contributed by atoms with van der Waals surface area (Å²) in [5, 5.41) is 0. The fourth-order valence-electron chi connectivity index (χ4n) is 3.66. The third-order valence-electron chi connectivity index (χ3n) is 5.29. The molecule has 0 bridgehead atoms. The predicted molar refractivity (Wildman–Crippen MR) is 146 cm³/mol. The lowest BCUT2D eigenvalue weighted by molar-refractivity contribution is -0.130. The van der Waals surface area contributed by atoms with Crippen LogP contribution in [0.3, 0.4) is 0 Å². The van der Waals surface area contributed by atoms with Crippen molar-refractivity contribution in [3.63, 3.8) is 0 Å². The van der Waals surface area contributed by atoms with Crippen LogP contribution in [0.25, 0.3) is 11.8 Å². The van der Waals surface area contributed by atoms with Crippen molar-refractivity contribution in [2.45, 2.75) is 20.0 Å². The van der Waals surface area contributed by atoms with Crippen LogP contribution in [0.15, 0.2) is 93.9 Å². The molecule has 0 amide bonds. The Bertz CT molecular complexity index is 1290. The highest BCUT2D eigenvalue weighted by molar-refractivity contribution is 9.10. The molecule has 0 radical (unpaired) electrons. The van der Waals surface area contributed by atoms with E-state index in [1.807, 2.05) is 79.7 Å². The van der Waals surface area contributed by atoms with Gasteiger partial charge < -0.3 is 14.2 Å². The Balaban J connectivity index is 1.66. The van der Waals surface area contributed by atoms with Gasteiger partial charge in [-0.05, 0) is 73.0 Å². The molecule has 0 fully saturated rings. The summed E-state index contributed by atoms with van der Waals surface area (Å²) in [4.78, 5) is 12.6. The number of ether oxygens (including phenoxy) is 3. The van der Waals surface area contributed by atoms with E-state index in [0.717, 1.165) is 31.2 Å². The zero-order chi connectivity index (χ0) is 24.8. The third-order valence-corrected chi connectivity index (χ3v) is 6.35. The van der Waals surface area contributed by atoms with E-state index in [2.05, 4.69) is 38.4 Å². The Kier molecular flexibility index (Phi) is 8.26. The molecule has 4 rings (SSSR count). The van der Waals surface area contributed by atoms with Gasteiger partial charge >= 0.3 is 5.97 Å². The van der Waals surface area contributed by atoms with Crippen LogP contribution in [0.1, 0.15) is 29.2 Å². The van der Waals surface area contributed by atoms with E-state index in [1.165, 1.54) is 0 Å². The van der Waals surface area contributed by atoms with E-state index in [1.54, 1.807) is 6.08 Å². The number of allylic oxidation sites excluding steroid dienone is 1. The molecule has 0 N–H and O–H groups in total. The Hall–Kier alpha value is -3.09. The molecule has 1 aliphatic rings. The van der Waals surface area contributed by atoms with Crippen molar-refractivity contribution < 1.29 is 19.0 Å². The minimum atomic E-state index is -0.387. The molecule has 0 atom stereocenters. The number of rotatable bonds is 9. The molecule has 35 heavy (non-hydrogen) atoms. The van der Waals surface area contributed by atoms with Gasteiger partial charge in [0.25, 0.3) is 0 Å². The Morgan fingerprint density at radius 2 is 1.66 bits per heavy atom. The van der Waals surface area contributed by atoms with Gasteiger partial charge in [-0.3, -0.25) is 0 Å². The first-order valence-electron chi connectivity index (χ1n) is 11.2. The number of hydrogen-bond donors (Lipinski definition) is 0. The van der Waals surface area contributed by atoms with Crippen molar-refractivity contribution >= 4 is 49.7 Å². The molecular formula is C29H24Br2O4. The van der Waals surface area contributed by atoms with E-state index >= 15 is 0 Å². The lowest BCUT2D eigenvalue weighted by Crippen LogP contribution is -2.03. The second-order valence-corrected chi connectivity index (χ2v) is 9.68. The summed E-state index contributed by atoms with van der Waals surface area (Å²) < 4.78 is 19.6. The maximum atomic E-state index is 12.6. The van der Waals surface area contributed by atoms with Gasteiger partial charge in [0.05, 0.1) is 12.2 Å². The summed E-state index contributed by atoms with van der Waals surface area (Å²) in [7, 11) is 0. The van der Waals surface area contributed by atoms with Crippen LogP contribution < -0.4 is 9.47 Å². The fourth-order valence-corrected chi connectivity index (χ4v) is 4.19. The van der Waals surface area contributed by atoms with E-state index in [9.17, 15) is 4.79 Å². The maximum Gasteiger partial charge on any atom is 0.343 e. The van der Waals surface area contributed by atoms with Crippen molar-refractivity contribution in [3.05, 3.63) is 116 Å². The molecular weight excluding hydrogens is 572 g/mol. The minimum absolute atomic E-state index is 0.387. The summed E-state index contributed by atoms with van der Waals surface area (Å²) in [5.41, 5.74) is 4.10. The van der Waals surface area contributed by atoms with Crippen LogP contribution in [0.5, 0.6) is 11.5 Å². The van der Waals surface area contributed by atoms with Crippen LogP contribution in [-0.4, -0.2) is 12.6 Å². The highest BCUT2D eigenvalue weighted by Gasteiger charge is 2.22. The summed E-state index contributed by atoms with van der Waals surface area (Å²) in [6.07, 6.45) is 5.99. The molecule has 0 saturated heterocycles. The normalized spacial score (nSPS) is 14.0. The molecule has 0 unspecified atom stereocenters. The Morgan fingerprint density at radius 3 is 2.31 bits per heavy atom. The van der Waals surface area contributed by atoms with Crippen LogP contribution in [0, 0.1) is 0 Å². The summed E-state index contributed by atoms with van der Waals surface area (Å²) >= 11 is 6.88. The molecule has 6 heteroatoms. The number of halogens is 2. The van der Waals surface area contributed by atoms with Gasteiger partial charge in [0.15, 0.2) is 11.5 Å². The SMILES string of the molecule is C=CCc1cc(/C=C2\C=C(c3ccc(Br)cc3)OC2=O)cc(OCC)c1OCc1ccc(Br)cc1. The van der Waals surface area contributed by atoms with Gasteiger partial charge in [-0.1, -0.05) is 62.2 Å². The number of carbonyl (C=O) groups excluding carboxylic acids is 1. The molecule has 1 aliphatic heterocycles. The van der Waals surface area contributed by atoms with Gasteiger partial charge in [-0.2, -0.15) is 0 Å². The first-order valence-corrected chi connectivity index (χ1v) is 12.7. The van der Waals surface area contributed by atoms with Crippen LogP contribution >= 0.6 is 31.9 Å². The monoisotopic (exact) mass is 594 g/mol. The smallest absolute Gasteiger partial charge is 0.343 e. The second-order valence-electron chi connectivity index (χ2n) is 7.85. The molecule has 0 spiro atoms. The van der Waals surface area contributed by atoms with Crippen molar-refractivity contribution in [2.75, 3.05) is 6.61 Å². The third kappa shape index (κ3) is 6.32. The lowest BCUT2D eigenvalue weighted by Gasteiger charge is -2.17. The first kappa shape index (κ1) is 25.0. The van der Waals surface area contributed by atoms with Crippen LogP contribution in [-0.2, 0) is 22.6 Å². The predicted octanol–water partition coefficient (Wildman–Crippen LogP) is 7.90. The molecule has 0 saturated carbocycles. The highest BCUT2D eigenvalue weighted by Crippen LogP contribution is 2.36. The minimum Gasteiger partial charge on any atom is -0.490 e. The average Bonchev–Trinajstić information content (AvgIpc) is 3.20. The van der Waals surface area contributed by atoms with E-state index < -0.39 is 0 Å². The Labute approximate surface area is 222 Å².